The van der Waals surface area contributed by atoms with Gasteiger partial charge in [-0.2, -0.15) is 0 Å². The summed E-state index contributed by atoms with van der Waals surface area (Å²) in [4.78, 5) is 13.2. The molecular weight excluding hydrogens is 220 g/mol. The van der Waals surface area contributed by atoms with E-state index < -0.39 is 0 Å². The van der Waals surface area contributed by atoms with Gasteiger partial charge in [-0.1, -0.05) is 6.07 Å². The smallest absolute Gasteiger partial charge is 0.225 e. The van der Waals surface area contributed by atoms with Gasteiger partial charge in [0.25, 0.3) is 0 Å². The Bertz CT molecular complexity index is 376. The number of rotatable bonds is 3. The molecule has 0 aliphatic carbocycles. The van der Waals surface area contributed by atoms with Crippen molar-refractivity contribution in [3.05, 3.63) is 22.4 Å². The molecule has 16 heavy (non-hydrogen) atoms. The van der Waals surface area contributed by atoms with Crippen LogP contribution in [0.15, 0.2) is 17.5 Å². The zero-order chi connectivity index (χ0) is 11.0. The van der Waals surface area contributed by atoms with Crippen LogP contribution in [0.5, 0.6) is 0 Å². The molecule has 3 atom stereocenters. The summed E-state index contributed by atoms with van der Waals surface area (Å²) >= 11 is 1.69. The highest BCUT2D eigenvalue weighted by Gasteiger charge is 2.42. The quantitative estimate of drug-likeness (QED) is 0.835. The molecule has 2 bridgehead atoms. The van der Waals surface area contributed by atoms with Crippen molar-refractivity contribution in [1.29, 1.82) is 0 Å². The van der Waals surface area contributed by atoms with Gasteiger partial charge in [0.1, 0.15) is 0 Å². The molecule has 2 fully saturated rings. The number of nitrogens with one attached hydrogen (secondary N) is 2. The van der Waals surface area contributed by atoms with E-state index >= 15 is 0 Å². The summed E-state index contributed by atoms with van der Waals surface area (Å²) in [5, 5.41) is 8.58. The van der Waals surface area contributed by atoms with Gasteiger partial charge in [-0.3, -0.25) is 4.79 Å². The van der Waals surface area contributed by atoms with Crippen LogP contribution in [0, 0.1) is 5.92 Å². The van der Waals surface area contributed by atoms with E-state index in [1.807, 2.05) is 11.4 Å². The highest BCUT2D eigenvalue weighted by Crippen LogP contribution is 2.33. The predicted molar refractivity (Wildman–Crippen MR) is 64.2 cm³/mol. The normalized spacial score (nSPS) is 31.9. The van der Waals surface area contributed by atoms with E-state index in [0.717, 1.165) is 6.42 Å². The Kier molecular flexibility index (Phi) is 2.69. The molecule has 2 saturated heterocycles. The molecule has 86 valence electrons. The van der Waals surface area contributed by atoms with E-state index in [9.17, 15) is 4.79 Å². The molecule has 1 aromatic rings. The SMILES string of the molecule is O=C(NCc1cccs1)C1CC2CCC1N2. The first-order chi connectivity index (χ1) is 7.83. The van der Waals surface area contributed by atoms with Crippen molar-refractivity contribution < 1.29 is 4.79 Å². The highest BCUT2D eigenvalue weighted by atomic mass is 32.1. The van der Waals surface area contributed by atoms with Gasteiger partial charge in [0.15, 0.2) is 0 Å². The number of hydrogen-bond acceptors (Lipinski definition) is 3. The number of hydrogen-bond donors (Lipinski definition) is 2. The van der Waals surface area contributed by atoms with Gasteiger partial charge < -0.3 is 10.6 Å². The second-order valence-corrected chi connectivity index (χ2v) is 5.72. The molecule has 0 saturated carbocycles. The first-order valence-electron chi connectivity index (χ1n) is 5.89. The first kappa shape index (κ1) is 10.3. The summed E-state index contributed by atoms with van der Waals surface area (Å²) in [5.74, 6) is 0.437. The predicted octanol–water partition coefficient (Wildman–Crippen LogP) is 1.50. The molecule has 1 aromatic heterocycles. The van der Waals surface area contributed by atoms with Crippen LogP contribution in [0.25, 0.3) is 0 Å². The Labute approximate surface area is 99.2 Å². The minimum atomic E-state index is 0.207. The molecule has 3 nitrogen and oxygen atoms in total. The third kappa shape index (κ3) is 1.87. The standard InChI is InChI=1S/C12H16N2OS/c15-12(13-7-9-2-1-5-16-9)10-6-8-3-4-11(10)14-8/h1-2,5,8,10-11,14H,3-4,6-7H2,(H,13,15). The van der Waals surface area contributed by atoms with E-state index in [2.05, 4.69) is 16.7 Å². The Morgan fingerprint density at radius 1 is 1.56 bits per heavy atom. The Hall–Kier alpha value is -0.870. The van der Waals surface area contributed by atoms with Crippen molar-refractivity contribution in [1.82, 2.24) is 10.6 Å². The van der Waals surface area contributed by atoms with Crippen molar-refractivity contribution >= 4 is 17.2 Å². The van der Waals surface area contributed by atoms with E-state index in [4.69, 9.17) is 0 Å². The Morgan fingerprint density at radius 2 is 2.50 bits per heavy atom. The van der Waals surface area contributed by atoms with Gasteiger partial charge in [-0.05, 0) is 30.7 Å². The lowest BCUT2D eigenvalue weighted by Crippen LogP contribution is -2.37. The van der Waals surface area contributed by atoms with Gasteiger partial charge in [-0.25, -0.2) is 0 Å². The van der Waals surface area contributed by atoms with Crippen LogP contribution in [0.4, 0.5) is 0 Å². The summed E-state index contributed by atoms with van der Waals surface area (Å²) in [6.07, 6.45) is 3.45. The van der Waals surface area contributed by atoms with Crippen LogP contribution in [0.3, 0.4) is 0 Å². The van der Waals surface area contributed by atoms with Crippen molar-refractivity contribution in [3.8, 4) is 0 Å². The number of carbonyl (C=O) groups is 1. The van der Waals surface area contributed by atoms with Crippen LogP contribution in [0.2, 0.25) is 0 Å². The van der Waals surface area contributed by atoms with E-state index in [1.165, 1.54) is 17.7 Å². The summed E-state index contributed by atoms with van der Waals surface area (Å²) in [6.45, 7) is 0.685. The zero-order valence-electron chi connectivity index (χ0n) is 9.11. The molecular formula is C12H16N2OS. The van der Waals surface area contributed by atoms with Crippen LogP contribution >= 0.6 is 11.3 Å². The minimum Gasteiger partial charge on any atom is -0.351 e. The largest absolute Gasteiger partial charge is 0.351 e. The molecule has 4 heteroatoms. The van der Waals surface area contributed by atoms with Gasteiger partial charge >= 0.3 is 0 Å². The fraction of sp³-hybridized carbons (Fsp3) is 0.583. The van der Waals surface area contributed by atoms with Crippen molar-refractivity contribution in [2.24, 2.45) is 5.92 Å². The lowest BCUT2D eigenvalue weighted by Gasteiger charge is -2.19. The van der Waals surface area contributed by atoms with Crippen molar-refractivity contribution in [2.75, 3.05) is 0 Å². The second-order valence-electron chi connectivity index (χ2n) is 4.69. The summed E-state index contributed by atoms with van der Waals surface area (Å²) < 4.78 is 0. The van der Waals surface area contributed by atoms with Crippen molar-refractivity contribution in [2.45, 2.75) is 37.9 Å². The van der Waals surface area contributed by atoms with Crippen molar-refractivity contribution in [3.63, 3.8) is 0 Å². The third-order valence-corrected chi connectivity index (χ3v) is 4.53. The molecule has 0 spiro atoms. The number of carbonyl (C=O) groups excluding carboxylic acids is 1. The average Bonchev–Trinajstić information content (AvgIpc) is 3.01. The minimum absolute atomic E-state index is 0.207. The molecule has 2 N–H and O–H groups in total. The average molecular weight is 236 g/mol. The lowest BCUT2D eigenvalue weighted by atomic mass is 9.88. The molecule has 0 aromatic carbocycles. The molecule has 1 amide bonds. The van der Waals surface area contributed by atoms with E-state index in [0.29, 0.717) is 18.6 Å². The van der Waals surface area contributed by atoms with Gasteiger partial charge in [0.2, 0.25) is 5.91 Å². The third-order valence-electron chi connectivity index (χ3n) is 3.65. The summed E-state index contributed by atoms with van der Waals surface area (Å²) in [6, 6.07) is 5.12. The first-order valence-corrected chi connectivity index (χ1v) is 6.77. The van der Waals surface area contributed by atoms with Gasteiger partial charge in [0, 0.05) is 17.0 Å². The number of amides is 1. The zero-order valence-corrected chi connectivity index (χ0v) is 9.93. The van der Waals surface area contributed by atoms with E-state index in [-0.39, 0.29) is 11.8 Å². The van der Waals surface area contributed by atoms with Gasteiger partial charge in [0.05, 0.1) is 12.5 Å². The summed E-state index contributed by atoms with van der Waals surface area (Å²) in [5.41, 5.74) is 0. The second kappa shape index (κ2) is 4.18. The lowest BCUT2D eigenvalue weighted by molar-refractivity contribution is -0.125. The highest BCUT2D eigenvalue weighted by molar-refractivity contribution is 7.09. The number of fused-ring (bicyclic) bond motifs is 2. The topological polar surface area (TPSA) is 41.1 Å². The Morgan fingerprint density at radius 3 is 3.12 bits per heavy atom. The summed E-state index contributed by atoms with van der Waals surface area (Å²) in [7, 11) is 0. The maximum absolute atomic E-state index is 12.0. The van der Waals surface area contributed by atoms with Gasteiger partial charge in [-0.15, -0.1) is 11.3 Å². The molecule has 3 unspecified atom stereocenters. The fourth-order valence-electron chi connectivity index (χ4n) is 2.83. The molecule has 0 radical (unpaired) electrons. The molecule has 2 aliphatic heterocycles. The maximum atomic E-state index is 12.0. The van der Waals surface area contributed by atoms with E-state index in [1.54, 1.807) is 11.3 Å². The maximum Gasteiger partial charge on any atom is 0.225 e. The van der Waals surface area contributed by atoms with Crippen LogP contribution in [-0.4, -0.2) is 18.0 Å². The fourth-order valence-corrected chi connectivity index (χ4v) is 3.48. The molecule has 3 rings (SSSR count). The Balaban J connectivity index is 1.54. The van der Waals surface area contributed by atoms with Crippen LogP contribution in [-0.2, 0) is 11.3 Å². The molecule has 2 aliphatic rings. The number of thiophene rings is 1. The molecule has 3 heterocycles. The van der Waals surface area contributed by atoms with Crippen LogP contribution in [0.1, 0.15) is 24.1 Å². The monoisotopic (exact) mass is 236 g/mol. The van der Waals surface area contributed by atoms with Crippen LogP contribution < -0.4 is 10.6 Å².